The van der Waals surface area contributed by atoms with E-state index < -0.39 is 5.91 Å². The first-order valence-corrected chi connectivity index (χ1v) is 22.5. The van der Waals surface area contributed by atoms with Crippen molar-refractivity contribution in [1.82, 2.24) is 30.4 Å². The summed E-state index contributed by atoms with van der Waals surface area (Å²) in [6, 6.07) is 29.9. The van der Waals surface area contributed by atoms with Gasteiger partial charge in [0.1, 0.15) is 23.8 Å². The fourth-order valence-electron chi connectivity index (χ4n) is 6.10. The standard InChI is InChI=1S/C24H31N5O3S.C23H23N3O2S.C2H6/c1-3-4-5-16-32-20-9-7-19(8-10-20)26-24(33)27-22(30)18-6-11-21(25-17-18)23(31)29-14-12-28(2)13-15-29;1-2-5-17-9-11-18(12-10-17)16-28-21-8-3-7-20(14-21)25-23(29)26-22(27)19-6-4-13-24-15-19;1-2/h6-11,17H,3-5,12-16H2,1-2H3,(H2,26,27,30,33);3-4,6-15H,2,5,16H2,1H3,(H2,25,26,27,29);1-2H3. The number of benzene rings is 3. The van der Waals surface area contributed by atoms with E-state index in [1.54, 1.807) is 35.4 Å². The van der Waals surface area contributed by atoms with Crippen LogP contribution in [0, 0.1) is 0 Å². The number of hydrogen-bond acceptors (Lipinski definition) is 10. The number of ether oxygens (including phenoxy) is 2. The van der Waals surface area contributed by atoms with Crippen LogP contribution in [0.15, 0.2) is 116 Å². The van der Waals surface area contributed by atoms with Crippen LogP contribution in [0.25, 0.3) is 0 Å². The molecule has 0 bridgehead atoms. The molecule has 3 amide bonds. The van der Waals surface area contributed by atoms with E-state index in [-0.39, 0.29) is 22.0 Å². The van der Waals surface area contributed by atoms with Gasteiger partial charge >= 0.3 is 0 Å². The number of rotatable bonds is 15. The second kappa shape index (κ2) is 27.7. The predicted molar refractivity (Wildman–Crippen MR) is 263 cm³/mol. The quantitative estimate of drug-likeness (QED) is 0.0587. The van der Waals surface area contributed by atoms with Gasteiger partial charge in [-0.25, -0.2) is 0 Å². The number of anilines is 2. The molecule has 64 heavy (non-hydrogen) atoms. The normalized spacial score (nSPS) is 11.9. The molecule has 3 aromatic carbocycles. The highest BCUT2D eigenvalue weighted by Crippen LogP contribution is 2.20. The Morgan fingerprint density at radius 2 is 1.33 bits per heavy atom. The topological polar surface area (TPSA) is 150 Å². The molecule has 0 saturated carbocycles. The molecule has 0 atom stereocenters. The van der Waals surface area contributed by atoms with E-state index >= 15 is 0 Å². The second-order valence-corrected chi connectivity index (χ2v) is 15.4. The van der Waals surface area contributed by atoms with Crippen molar-refractivity contribution in [1.29, 1.82) is 0 Å². The highest BCUT2D eigenvalue weighted by molar-refractivity contribution is 7.80. The van der Waals surface area contributed by atoms with Gasteiger partial charge in [-0.1, -0.05) is 77.3 Å². The molecule has 4 N–H and O–H groups in total. The molecule has 338 valence electrons. The number of thiocarbonyl (C=S) groups is 2. The van der Waals surface area contributed by atoms with Crippen LogP contribution in [-0.4, -0.2) is 87.5 Å². The van der Waals surface area contributed by atoms with Gasteiger partial charge in [-0.2, -0.15) is 0 Å². The maximum atomic E-state index is 12.6. The molecule has 0 unspecified atom stereocenters. The van der Waals surface area contributed by atoms with E-state index in [0.29, 0.717) is 48.9 Å². The number of carbonyl (C=O) groups excluding carboxylic acids is 3. The van der Waals surface area contributed by atoms with Gasteiger partial charge in [0.05, 0.1) is 17.7 Å². The van der Waals surface area contributed by atoms with Crippen molar-refractivity contribution in [2.45, 2.75) is 66.4 Å². The van der Waals surface area contributed by atoms with Crippen LogP contribution in [0.4, 0.5) is 11.4 Å². The summed E-state index contributed by atoms with van der Waals surface area (Å²) in [7, 11) is 2.03. The minimum absolute atomic E-state index is 0.120. The first-order valence-electron chi connectivity index (χ1n) is 21.7. The molecule has 13 nitrogen and oxygen atoms in total. The number of nitrogens with zero attached hydrogens (tertiary/aromatic N) is 4. The second-order valence-electron chi connectivity index (χ2n) is 14.5. The van der Waals surface area contributed by atoms with E-state index in [9.17, 15) is 14.4 Å². The van der Waals surface area contributed by atoms with Gasteiger partial charge in [-0.05, 0) is 116 Å². The number of likely N-dealkylation sites (N-methyl/N-ethyl adjacent to an activating group) is 1. The van der Waals surface area contributed by atoms with E-state index in [1.807, 2.05) is 69.4 Å². The summed E-state index contributed by atoms with van der Waals surface area (Å²) in [5.41, 5.74) is 5.02. The lowest BCUT2D eigenvalue weighted by Gasteiger charge is -2.32. The number of nitrogens with one attached hydrogen (secondary N) is 4. The Morgan fingerprint density at radius 1 is 0.672 bits per heavy atom. The number of aryl methyl sites for hydroxylation is 1. The monoisotopic (exact) mass is 904 g/mol. The third-order valence-corrected chi connectivity index (χ3v) is 10.0. The molecule has 0 radical (unpaired) electrons. The molecule has 15 heteroatoms. The third kappa shape index (κ3) is 17.5. The van der Waals surface area contributed by atoms with Crippen LogP contribution < -0.4 is 30.7 Å². The third-order valence-electron chi connectivity index (χ3n) is 9.60. The van der Waals surface area contributed by atoms with Gasteiger partial charge in [0.2, 0.25) is 0 Å². The molecular formula is C49H60N8O5S2. The SMILES string of the molecule is CC.CCCCCOc1ccc(NC(=S)NC(=O)c2ccc(C(=O)N3CCN(C)CC3)nc2)cc1.CCCc1ccc(COc2cccc(NC(=S)NC(=O)c3cccnc3)c2)cc1. The molecule has 3 heterocycles. The molecule has 1 aliphatic heterocycles. The zero-order valence-electron chi connectivity index (χ0n) is 37.4. The minimum Gasteiger partial charge on any atom is -0.494 e. The number of pyridine rings is 2. The molecule has 1 fully saturated rings. The zero-order valence-corrected chi connectivity index (χ0v) is 39.0. The lowest BCUT2D eigenvalue weighted by Crippen LogP contribution is -2.47. The Balaban J connectivity index is 0.000000272. The van der Waals surface area contributed by atoms with E-state index in [1.165, 1.54) is 18.0 Å². The van der Waals surface area contributed by atoms with E-state index in [4.69, 9.17) is 33.9 Å². The molecule has 5 aromatic rings. The molecule has 1 saturated heterocycles. The van der Waals surface area contributed by atoms with Crippen molar-refractivity contribution >= 4 is 63.8 Å². The molecular weight excluding hydrogens is 845 g/mol. The molecule has 1 aliphatic rings. The number of amides is 3. The van der Waals surface area contributed by atoms with Gasteiger partial charge in [-0.3, -0.25) is 35.0 Å². The molecule has 0 spiro atoms. The summed E-state index contributed by atoms with van der Waals surface area (Å²) in [6.07, 6.45) is 10.1. The number of unbranched alkanes of at least 4 members (excludes halogenated alkanes) is 2. The molecule has 2 aromatic heterocycles. The van der Waals surface area contributed by atoms with Crippen molar-refractivity contribution in [2.24, 2.45) is 0 Å². The number of carbonyl (C=O) groups is 3. The predicted octanol–water partition coefficient (Wildman–Crippen LogP) is 8.93. The van der Waals surface area contributed by atoms with Crippen LogP contribution in [0.1, 0.15) is 95.7 Å². The Morgan fingerprint density at radius 3 is 1.94 bits per heavy atom. The van der Waals surface area contributed by atoms with Crippen molar-refractivity contribution in [3.63, 3.8) is 0 Å². The minimum atomic E-state index is -0.394. The van der Waals surface area contributed by atoms with Crippen LogP contribution in [-0.2, 0) is 13.0 Å². The highest BCUT2D eigenvalue weighted by Gasteiger charge is 2.21. The van der Waals surface area contributed by atoms with E-state index in [0.717, 1.165) is 67.9 Å². The maximum Gasteiger partial charge on any atom is 0.272 e. The fourth-order valence-corrected chi connectivity index (χ4v) is 6.52. The maximum absolute atomic E-state index is 12.6. The van der Waals surface area contributed by atoms with Crippen molar-refractivity contribution < 1.29 is 23.9 Å². The van der Waals surface area contributed by atoms with Gasteiger partial charge in [0.25, 0.3) is 17.7 Å². The van der Waals surface area contributed by atoms with Gasteiger partial charge < -0.3 is 29.9 Å². The summed E-state index contributed by atoms with van der Waals surface area (Å²) in [6.45, 7) is 12.5. The first-order chi connectivity index (χ1) is 31.1. The lowest BCUT2D eigenvalue weighted by atomic mass is 10.1. The Bertz CT molecular complexity index is 2220. The Kier molecular flexibility index (Phi) is 21.8. The Hall–Kier alpha value is -6.29. The smallest absolute Gasteiger partial charge is 0.272 e. The summed E-state index contributed by atoms with van der Waals surface area (Å²) >= 11 is 10.5. The largest absolute Gasteiger partial charge is 0.494 e. The van der Waals surface area contributed by atoms with Gasteiger partial charge in [0, 0.05) is 62.2 Å². The average molecular weight is 905 g/mol. The van der Waals surface area contributed by atoms with Crippen molar-refractivity contribution in [2.75, 3.05) is 50.5 Å². The summed E-state index contributed by atoms with van der Waals surface area (Å²) < 4.78 is 11.6. The van der Waals surface area contributed by atoms with Crippen LogP contribution in [0.3, 0.4) is 0 Å². The van der Waals surface area contributed by atoms with Gasteiger partial charge in [-0.15, -0.1) is 0 Å². The number of aromatic nitrogens is 2. The average Bonchev–Trinajstić information content (AvgIpc) is 3.32. The molecule has 6 rings (SSSR count). The van der Waals surface area contributed by atoms with Crippen LogP contribution in [0.2, 0.25) is 0 Å². The van der Waals surface area contributed by atoms with Crippen LogP contribution >= 0.6 is 24.4 Å². The fraction of sp³-hybridized carbons (Fsp3) is 0.327. The number of piperazine rings is 1. The first kappa shape index (κ1) is 50.4. The van der Waals surface area contributed by atoms with Crippen molar-refractivity contribution in [3.05, 3.63) is 144 Å². The van der Waals surface area contributed by atoms with Crippen LogP contribution in [0.5, 0.6) is 11.5 Å². The summed E-state index contributed by atoms with van der Waals surface area (Å²) in [5.74, 6) is 0.687. The highest BCUT2D eigenvalue weighted by atomic mass is 32.1. The summed E-state index contributed by atoms with van der Waals surface area (Å²) in [5, 5.41) is 11.6. The Labute approximate surface area is 388 Å². The zero-order chi connectivity index (χ0) is 46.1. The number of hydrogen-bond donors (Lipinski definition) is 4. The van der Waals surface area contributed by atoms with Crippen molar-refractivity contribution in [3.8, 4) is 11.5 Å². The van der Waals surface area contributed by atoms with Gasteiger partial charge in [0.15, 0.2) is 10.2 Å². The van der Waals surface area contributed by atoms with E-state index in [2.05, 4.69) is 74.2 Å². The lowest BCUT2D eigenvalue weighted by molar-refractivity contribution is 0.0657. The summed E-state index contributed by atoms with van der Waals surface area (Å²) in [4.78, 5) is 49.3. The molecule has 0 aliphatic carbocycles.